The predicted octanol–water partition coefficient (Wildman–Crippen LogP) is 4.69. The Morgan fingerprint density at radius 3 is 2.67 bits per heavy atom. The number of pyridine rings is 2. The predicted molar refractivity (Wildman–Crippen MR) is 128 cm³/mol. The maximum atomic E-state index is 14.2. The van der Waals surface area contributed by atoms with E-state index in [4.69, 9.17) is 15.5 Å². The normalized spacial score (nSPS) is 19.8. The Hall–Kier alpha value is -3.28. The molecule has 0 bridgehead atoms. The van der Waals surface area contributed by atoms with E-state index in [-0.39, 0.29) is 18.7 Å². The second-order valence-corrected chi connectivity index (χ2v) is 9.49. The summed E-state index contributed by atoms with van der Waals surface area (Å²) in [6.07, 6.45) is -1.72. The molecule has 0 amide bonds. The van der Waals surface area contributed by atoms with Gasteiger partial charge >= 0.3 is 6.18 Å². The SMILES string of the molecule is CCCOOc1ccc2ccc(-c3nnc4ccc([C@H](N5CC[C@](C)(N)C5)C(F)(F)F)cn34)nc2c1. The molecule has 1 fully saturated rings. The van der Waals surface area contributed by atoms with Gasteiger partial charge in [-0.2, -0.15) is 18.1 Å². The van der Waals surface area contributed by atoms with Crippen LogP contribution < -0.4 is 10.6 Å². The summed E-state index contributed by atoms with van der Waals surface area (Å²) in [4.78, 5) is 16.5. The number of rotatable bonds is 7. The summed E-state index contributed by atoms with van der Waals surface area (Å²) in [6.45, 7) is 4.63. The molecule has 4 aromatic rings. The number of hydrogen-bond donors (Lipinski definition) is 1. The zero-order valence-electron chi connectivity index (χ0n) is 20.0. The number of benzene rings is 1. The highest BCUT2D eigenvalue weighted by Gasteiger charge is 2.48. The van der Waals surface area contributed by atoms with E-state index in [1.54, 1.807) is 35.6 Å². The van der Waals surface area contributed by atoms with E-state index in [0.29, 0.717) is 41.5 Å². The average Bonchev–Trinajstić information content (AvgIpc) is 3.40. The molecule has 190 valence electrons. The highest BCUT2D eigenvalue weighted by atomic mass is 19.4. The van der Waals surface area contributed by atoms with Crippen LogP contribution in [0, 0.1) is 0 Å². The van der Waals surface area contributed by atoms with E-state index in [1.807, 2.05) is 19.1 Å². The highest BCUT2D eigenvalue weighted by molar-refractivity contribution is 5.82. The Balaban J connectivity index is 1.52. The van der Waals surface area contributed by atoms with E-state index in [1.165, 1.54) is 17.2 Å². The number of fused-ring (bicyclic) bond motifs is 2. The number of aromatic nitrogens is 4. The quantitative estimate of drug-likeness (QED) is 0.224. The maximum absolute atomic E-state index is 14.2. The zero-order valence-corrected chi connectivity index (χ0v) is 20.0. The first kappa shape index (κ1) is 24.4. The van der Waals surface area contributed by atoms with Gasteiger partial charge < -0.3 is 10.6 Å². The fraction of sp³-hybridized carbons (Fsp3) is 0.400. The van der Waals surface area contributed by atoms with Gasteiger partial charge in [-0.3, -0.25) is 9.30 Å². The van der Waals surface area contributed by atoms with Crippen LogP contribution in [0.1, 0.15) is 38.3 Å². The lowest BCUT2D eigenvalue weighted by molar-refractivity contribution is -0.206. The van der Waals surface area contributed by atoms with E-state index in [2.05, 4.69) is 15.2 Å². The molecule has 5 rings (SSSR count). The van der Waals surface area contributed by atoms with Crippen molar-refractivity contribution in [2.24, 2.45) is 5.73 Å². The lowest BCUT2D eigenvalue weighted by Gasteiger charge is -2.31. The monoisotopic (exact) mass is 500 g/mol. The zero-order chi connectivity index (χ0) is 25.5. The van der Waals surface area contributed by atoms with Crippen molar-refractivity contribution in [2.45, 2.75) is 44.4 Å². The molecule has 0 unspecified atom stereocenters. The third-order valence-corrected chi connectivity index (χ3v) is 6.29. The minimum atomic E-state index is -4.47. The van der Waals surface area contributed by atoms with Gasteiger partial charge in [0.2, 0.25) is 0 Å². The molecule has 1 aromatic carbocycles. The number of nitrogens with two attached hydrogens (primary N) is 1. The first-order valence-corrected chi connectivity index (χ1v) is 11.8. The molecule has 0 aliphatic carbocycles. The van der Waals surface area contributed by atoms with Crippen LogP contribution in [-0.4, -0.2) is 55.9 Å². The van der Waals surface area contributed by atoms with E-state index in [9.17, 15) is 13.2 Å². The van der Waals surface area contributed by atoms with Crippen LogP contribution in [0.15, 0.2) is 48.7 Å². The smallest absolute Gasteiger partial charge is 0.337 e. The Kier molecular flexibility index (Phi) is 6.31. The molecule has 36 heavy (non-hydrogen) atoms. The van der Waals surface area contributed by atoms with Gasteiger partial charge in [-0.15, -0.1) is 10.2 Å². The van der Waals surface area contributed by atoms with Gasteiger partial charge in [-0.05, 0) is 49.6 Å². The summed E-state index contributed by atoms with van der Waals surface area (Å²) >= 11 is 0. The number of halogens is 3. The molecule has 1 aliphatic rings. The van der Waals surface area contributed by atoms with Crippen molar-refractivity contribution < 1.29 is 22.9 Å². The fourth-order valence-electron chi connectivity index (χ4n) is 4.56. The summed E-state index contributed by atoms with van der Waals surface area (Å²) in [5, 5.41) is 9.23. The topological polar surface area (TPSA) is 90.8 Å². The van der Waals surface area contributed by atoms with Crippen LogP contribution in [0.3, 0.4) is 0 Å². The highest BCUT2D eigenvalue weighted by Crippen LogP contribution is 2.41. The van der Waals surface area contributed by atoms with E-state index >= 15 is 0 Å². The van der Waals surface area contributed by atoms with Crippen LogP contribution in [0.25, 0.3) is 28.1 Å². The molecule has 1 aliphatic heterocycles. The summed E-state index contributed by atoms with van der Waals surface area (Å²) in [5.74, 6) is 0.841. The Labute approximate surface area is 205 Å². The van der Waals surface area contributed by atoms with E-state index < -0.39 is 17.8 Å². The van der Waals surface area contributed by atoms with Crippen LogP contribution in [0.4, 0.5) is 13.2 Å². The molecule has 3 aromatic heterocycles. The van der Waals surface area contributed by atoms with Crippen molar-refractivity contribution in [3.8, 4) is 17.3 Å². The van der Waals surface area contributed by atoms with Crippen molar-refractivity contribution in [3.05, 3.63) is 54.2 Å². The number of nitrogens with zero attached hydrogens (tertiary/aromatic N) is 5. The summed E-state index contributed by atoms with van der Waals surface area (Å²) < 4.78 is 44.2. The molecule has 4 heterocycles. The first-order valence-electron chi connectivity index (χ1n) is 11.8. The molecule has 0 radical (unpaired) electrons. The minimum absolute atomic E-state index is 0.0956. The average molecular weight is 501 g/mol. The lowest BCUT2D eigenvalue weighted by Crippen LogP contribution is -2.43. The second-order valence-electron chi connectivity index (χ2n) is 9.49. The standard InChI is InChI=1S/C25H27F3N6O2/c1-3-12-35-36-18-7-4-16-5-8-19(30-20(16)13-18)23-32-31-21-9-6-17(14-34(21)23)22(25(26,27)28)33-11-10-24(2,29)15-33/h4-9,13-14,22H,3,10-12,15,29H2,1-2H3/t22-,24-/m0/s1. The van der Waals surface area contributed by atoms with Crippen LogP contribution >= 0.6 is 0 Å². The Morgan fingerprint density at radius 2 is 1.94 bits per heavy atom. The summed E-state index contributed by atoms with van der Waals surface area (Å²) in [5.41, 5.74) is 7.09. The first-order chi connectivity index (χ1) is 17.1. The molecule has 0 saturated carbocycles. The molecular formula is C25H27F3N6O2. The van der Waals surface area contributed by atoms with Gasteiger partial charge in [0, 0.05) is 36.3 Å². The third kappa shape index (κ3) is 4.86. The van der Waals surface area contributed by atoms with Crippen molar-refractivity contribution in [3.63, 3.8) is 0 Å². The number of likely N-dealkylation sites (tertiary alicyclic amines) is 1. The van der Waals surface area contributed by atoms with Gasteiger partial charge in [0.05, 0.1) is 12.1 Å². The second kappa shape index (κ2) is 9.30. The fourth-order valence-corrected chi connectivity index (χ4v) is 4.56. The van der Waals surface area contributed by atoms with Gasteiger partial charge in [0.15, 0.2) is 17.2 Å². The van der Waals surface area contributed by atoms with Gasteiger partial charge in [-0.1, -0.05) is 19.1 Å². The largest absolute Gasteiger partial charge is 0.408 e. The van der Waals surface area contributed by atoms with Crippen LogP contribution in [-0.2, 0) is 4.89 Å². The van der Waals surface area contributed by atoms with Crippen molar-refractivity contribution >= 4 is 16.6 Å². The number of hydrogen-bond acceptors (Lipinski definition) is 7. The van der Waals surface area contributed by atoms with Gasteiger partial charge in [0.1, 0.15) is 11.7 Å². The van der Waals surface area contributed by atoms with Crippen molar-refractivity contribution in [2.75, 3.05) is 19.7 Å². The van der Waals surface area contributed by atoms with Gasteiger partial charge in [-0.25, -0.2) is 4.98 Å². The van der Waals surface area contributed by atoms with E-state index in [0.717, 1.165) is 11.8 Å². The number of alkyl halides is 3. The molecule has 0 spiro atoms. The summed E-state index contributed by atoms with van der Waals surface area (Å²) in [6, 6.07) is 10.2. The minimum Gasteiger partial charge on any atom is -0.337 e. The van der Waals surface area contributed by atoms with Crippen LogP contribution in [0.5, 0.6) is 5.75 Å². The molecule has 1 saturated heterocycles. The van der Waals surface area contributed by atoms with Crippen molar-refractivity contribution in [1.29, 1.82) is 0 Å². The molecular weight excluding hydrogens is 473 g/mol. The molecule has 11 heteroatoms. The lowest BCUT2D eigenvalue weighted by atomic mass is 10.0. The third-order valence-electron chi connectivity index (χ3n) is 6.29. The van der Waals surface area contributed by atoms with Crippen molar-refractivity contribution in [1.82, 2.24) is 24.5 Å². The molecule has 8 nitrogen and oxygen atoms in total. The summed E-state index contributed by atoms with van der Waals surface area (Å²) in [7, 11) is 0. The molecule has 2 atom stereocenters. The maximum Gasteiger partial charge on any atom is 0.408 e. The Morgan fingerprint density at radius 1 is 1.14 bits per heavy atom. The Bertz CT molecular complexity index is 1390. The molecule has 2 N–H and O–H groups in total. The van der Waals surface area contributed by atoms with Crippen LogP contribution in [0.2, 0.25) is 0 Å². The van der Waals surface area contributed by atoms with Gasteiger partial charge in [0.25, 0.3) is 0 Å².